The monoisotopic (exact) mass is 371 g/mol. The fourth-order valence-electron chi connectivity index (χ4n) is 3.09. The number of hydrogen-bond donors (Lipinski definition) is 1. The fourth-order valence-corrected chi connectivity index (χ4v) is 3.09. The molecule has 1 N–H and O–H groups in total. The Morgan fingerprint density at radius 3 is 2.22 bits per heavy atom. The van der Waals surface area contributed by atoms with Gasteiger partial charge in [-0.15, -0.1) is 0 Å². The molecule has 0 aliphatic rings. The molecule has 0 aliphatic carbocycles. The summed E-state index contributed by atoms with van der Waals surface area (Å²) in [6, 6.07) is 8.91. The molecular formula is C23H30FNO2. The summed E-state index contributed by atoms with van der Waals surface area (Å²) in [5.74, 6) is 0.758. The Bertz CT molecular complexity index is 799. The molecule has 0 atom stereocenters. The van der Waals surface area contributed by atoms with Crippen LogP contribution in [-0.4, -0.2) is 12.3 Å². The Morgan fingerprint density at radius 2 is 1.67 bits per heavy atom. The van der Waals surface area contributed by atoms with Gasteiger partial charge in [0.2, 0.25) is 0 Å². The topological polar surface area (TPSA) is 38.3 Å². The summed E-state index contributed by atoms with van der Waals surface area (Å²) in [5.41, 5.74) is 4.58. The molecule has 0 unspecified atom stereocenters. The molecule has 0 saturated heterocycles. The maximum Gasteiger partial charge on any atom is 0.152 e. The average Bonchev–Trinajstić information content (AvgIpc) is 2.53. The number of Topliss-reactive ketones (excluding diaryl/α,β-unsaturated/α-hetero) is 1. The van der Waals surface area contributed by atoms with E-state index >= 15 is 0 Å². The highest BCUT2D eigenvalue weighted by Gasteiger charge is 2.16. The number of benzene rings is 2. The van der Waals surface area contributed by atoms with E-state index in [1.807, 2.05) is 26.0 Å². The number of aryl methyl sites for hydroxylation is 3. The van der Waals surface area contributed by atoms with Crippen LogP contribution in [0, 0.1) is 32.0 Å². The molecule has 2 aromatic rings. The van der Waals surface area contributed by atoms with Crippen LogP contribution in [0.1, 0.15) is 49.4 Å². The minimum Gasteiger partial charge on any atom is -0.489 e. The Kier molecular flexibility index (Phi) is 6.63. The molecule has 0 amide bonds. The van der Waals surface area contributed by atoms with Gasteiger partial charge in [-0.25, -0.2) is 4.39 Å². The summed E-state index contributed by atoms with van der Waals surface area (Å²) < 4.78 is 19.2. The van der Waals surface area contributed by atoms with Crippen molar-refractivity contribution in [3.8, 4) is 5.75 Å². The molecule has 0 aliphatic heterocycles. The molecule has 0 radical (unpaired) electrons. The van der Waals surface area contributed by atoms with E-state index in [2.05, 4.69) is 26.1 Å². The van der Waals surface area contributed by atoms with Gasteiger partial charge in [-0.1, -0.05) is 26.8 Å². The minimum atomic E-state index is -0.207. The lowest BCUT2D eigenvalue weighted by atomic mass is 9.90. The maximum absolute atomic E-state index is 13.4. The highest BCUT2D eigenvalue weighted by atomic mass is 19.1. The third-order valence-electron chi connectivity index (χ3n) is 4.32. The number of ketones is 1. The summed E-state index contributed by atoms with van der Waals surface area (Å²) in [7, 11) is 0. The van der Waals surface area contributed by atoms with E-state index in [0.717, 1.165) is 28.1 Å². The van der Waals surface area contributed by atoms with Crippen molar-refractivity contribution in [3.05, 3.63) is 58.4 Å². The molecule has 0 aromatic heterocycles. The fraction of sp³-hybridized carbons (Fsp3) is 0.435. The van der Waals surface area contributed by atoms with Gasteiger partial charge in [0, 0.05) is 12.1 Å². The molecule has 0 bridgehead atoms. The normalized spacial score (nSPS) is 11.4. The minimum absolute atomic E-state index is 0.000736. The molecule has 27 heavy (non-hydrogen) atoms. The van der Waals surface area contributed by atoms with Gasteiger partial charge >= 0.3 is 0 Å². The van der Waals surface area contributed by atoms with Crippen LogP contribution < -0.4 is 10.1 Å². The zero-order chi connectivity index (χ0) is 20.2. The van der Waals surface area contributed by atoms with Crippen LogP contribution in [0.5, 0.6) is 5.75 Å². The molecule has 4 heteroatoms. The summed E-state index contributed by atoms with van der Waals surface area (Å²) in [6.45, 7) is 12.7. The van der Waals surface area contributed by atoms with Crippen molar-refractivity contribution in [2.75, 3.05) is 11.9 Å². The predicted molar refractivity (Wildman–Crippen MR) is 109 cm³/mol. The van der Waals surface area contributed by atoms with Gasteiger partial charge < -0.3 is 10.1 Å². The van der Waals surface area contributed by atoms with E-state index in [1.54, 1.807) is 19.1 Å². The summed E-state index contributed by atoms with van der Waals surface area (Å²) >= 11 is 0. The first kappa shape index (κ1) is 20.9. The van der Waals surface area contributed by atoms with E-state index in [-0.39, 0.29) is 17.0 Å². The Morgan fingerprint density at radius 1 is 1.04 bits per heavy atom. The van der Waals surface area contributed by atoms with Gasteiger partial charge in [-0.05, 0) is 72.7 Å². The Labute approximate surface area is 161 Å². The lowest BCUT2D eigenvalue weighted by Gasteiger charge is -2.19. The molecule has 146 valence electrons. The van der Waals surface area contributed by atoms with Gasteiger partial charge in [-0.2, -0.15) is 0 Å². The molecule has 0 spiro atoms. The van der Waals surface area contributed by atoms with Crippen LogP contribution in [0.2, 0.25) is 0 Å². The molecule has 0 fully saturated rings. The third-order valence-corrected chi connectivity index (χ3v) is 4.32. The van der Waals surface area contributed by atoms with E-state index in [0.29, 0.717) is 25.1 Å². The SMILES string of the molecule is Cc1cc(COc2cc(C)c(NCC(=O)CC(C)(C)C)c(C)c2)ccc1F. The third kappa shape index (κ3) is 6.38. The van der Waals surface area contributed by atoms with Gasteiger partial charge in [0.15, 0.2) is 5.78 Å². The van der Waals surface area contributed by atoms with Crippen molar-refractivity contribution in [2.24, 2.45) is 5.41 Å². The van der Waals surface area contributed by atoms with Crippen molar-refractivity contribution in [1.29, 1.82) is 0 Å². The second-order valence-corrected chi connectivity index (χ2v) is 8.43. The first-order valence-corrected chi connectivity index (χ1v) is 9.30. The molecule has 2 aromatic carbocycles. The zero-order valence-corrected chi connectivity index (χ0v) is 17.2. The second-order valence-electron chi connectivity index (χ2n) is 8.43. The van der Waals surface area contributed by atoms with Crippen LogP contribution in [0.25, 0.3) is 0 Å². The average molecular weight is 371 g/mol. The quantitative estimate of drug-likeness (QED) is 0.674. The van der Waals surface area contributed by atoms with Crippen LogP contribution >= 0.6 is 0 Å². The van der Waals surface area contributed by atoms with Crippen LogP contribution in [0.4, 0.5) is 10.1 Å². The Hall–Kier alpha value is -2.36. The number of rotatable bonds is 7. The van der Waals surface area contributed by atoms with E-state index in [1.165, 1.54) is 6.07 Å². The number of halogens is 1. The smallest absolute Gasteiger partial charge is 0.152 e. The lowest BCUT2D eigenvalue weighted by molar-refractivity contribution is -0.119. The largest absolute Gasteiger partial charge is 0.489 e. The summed E-state index contributed by atoms with van der Waals surface area (Å²) in [6.07, 6.45) is 0.552. The first-order valence-electron chi connectivity index (χ1n) is 9.30. The molecule has 0 heterocycles. The van der Waals surface area contributed by atoms with E-state index in [4.69, 9.17) is 4.74 Å². The van der Waals surface area contributed by atoms with E-state index < -0.39 is 0 Å². The molecular weight excluding hydrogens is 341 g/mol. The number of anilines is 1. The first-order chi connectivity index (χ1) is 12.5. The number of carbonyl (C=O) groups excluding carboxylic acids is 1. The van der Waals surface area contributed by atoms with Crippen molar-refractivity contribution >= 4 is 11.5 Å². The standard InChI is InChI=1S/C23H30FNO2/c1-15-9-18(7-8-21(15)24)14-27-20-10-16(2)22(17(3)11-20)25-13-19(26)12-23(4,5)6/h7-11,25H,12-14H2,1-6H3. The van der Waals surface area contributed by atoms with Crippen LogP contribution in [0.3, 0.4) is 0 Å². The van der Waals surface area contributed by atoms with Gasteiger partial charge in [-0.3, -0.25) is 4.79 Å². The van der Waals surface area contributed by atoms with E-state index in [9.17, 15) is 9.18 Å². The highest BCUT2D eigenvalue weighted by molar-refractivity contribution is 5.84. The van der Waals surface area contributed by atoms with Crippen LogP contribution in [0.15, 0.2) is 30.3 Å². The lowest BCUT2D eigenvalue weighted by Crippen LogP contribution is -2.20. The van der Waals surface area contributed by atoms with Gasteiger partial charge in [0.1, 0.15) is 18.2 Å². The molecule has 3 nitrogen and oxygen atoms in total. The summed E-state index contributed by atoms with van der Waals surface area (Å²) in [5, 5.41) is 3.27. The number of nitrogens with one attached hydrogen (secondary N) is 1. The van der Waals surface area contributed by atoms with Crippen molar-refractivity contribution in [1.82, 2.24) is 0 Å². The number of hydrogen-bond acceptors (Lipinski definition) is 3. The molecule has 0 saturated carbocycles. The van der Waals surface area contributed by atoms with Crippen molar-refractivity contribution in [3.63, 3.8) is 0 Å². The van der Waals surface area contributed by atoms with Gasteiger partial charge in [0.05, 0.1) is 6.54 Å². The summed E-state index contributed by atoms with van der Waals surface area (Å²) in [4.78, 5) is 12.1. The van der Waals surface area contributed by atoms with Crippen LogP contribution in [-0.2, 0) is 11.4 Å². The van der Waals surface area contributed by atoms with Crippen molar-refractivity contribution in [2.45, 2.75) is 54.6 Å². The predicted octanol–water partition coefficient (Wildman–Crippen LogP) is 5.75. The number of ether oxygens (including phenoxy) is 1. The Balaban J connectivity index is 2.01. The van der Waals surface area contributed by atoms with Crippen molar-refractivity contribution < 1.29 is 13.9 Å². The zero-order valence-electron chi connectivity index (χ0n) is 17.2. The molecule has 2 rings (SSSR count). The number of carbonyl (C=O) groups is 1. The second kappa shape index (κ2) is 8.55. The van der Waals surface area contributed by atoms with Gasteiger partial charge in [0.25, 0.3) is 0 Å². The maximum atomic E-state index is 13.4. The highest BCUT2D eigenvalue weighted by Crippen LogP contribution is 2.27.